The van der Waals surface area contributed by atoms with Crippen molar-refractivity contribution >= 4 is 52.1 Å². The number of hydrogen-bond donors (Lipinski definition) is 3. The largest absolute Gasteiger partial charge is 0.322 e. The van der Waals surface area contributed by atoms with Crippen LogP contribution in [0.3, 0.4) is 0 Å². The number of nitro benzene ring substituents is 1. The van der Waals surface area contributed by atoms with Crippen molar-refractivity contribution in [3.63, 3.8) is 0 Å². The van der Waals surface area contributed by atoms with Crippen LogP contribution in [-0.2, 0) is 0 Å². The Labute approximate surface area is 289 Å². The maximum Gasteiger partial charge on any atom is 0.273 e. The summed E-state index contributed by atoms with van der Waals surface area (Å²) in [6, 6.07) is 28.5. The smallest absolute Gasteiger partial charge is 0.273 e. The highest BCUT2D eigenvalue weighted by Crippen LogP contribution is 2.28. The molecule has 0 heterocycles. The maximum atomic E-state index is 13.5. The molecular formula is C39H35N5O6. The number of nitrogens with one attached hydrogen (secondary N) is 3. The van der Waals surface area contributed by atoms with Gasteiger partial charge in [-0.15, -0.1) is 0 Å². The number of carbonyl (C=O) groups is 4. The quantitative estimate of drug-likeness (QED) is 0.107. The molecule has 0 atom stereocenters. The molecule has 0 aliphatic rings. The molecule has 11 nitrogen and oxygen atoms in total. The van der Waals surface area contributed by atoms with E-state index in [1.165, 1.54) is 25.1 Å². The van der Waals surface area contributed by atoms with Crippen LogP contribution < -0.4 is 20.9 Å². The zero-order chi connectivity index (χ0) is 36.1. The zero-order valence-electron chi connectivity index (χ0n) is 28.2. The van der Waals surface area contributed by atoms with E-state index in [9.17, 15) is 29.3 Å². The van der Waals surface area contributed by atoms with Crippen molar-refractivity contribution in [3.8, 4) is 0 Å². The van der Waals surface area contributed by atoms with Crippen molar-refractivity contribution in [1.29, 1.82) is 0 Å². The molecule has 11 heteroatoms. The molecular weight excluding hydrogens is 634 g/mol. The first-order valence-corrected chi connectivity index (χ1v) is 15.7. The summed E-state index contributed by atoms with van der Waals surface area (Å²) >= 11 is 0. The second-order valence-corrected chi connectivity index (χ2v) is 11.7. The highest BCUT2D eigenvalue weighted by atomic mass is 16.6. The standard InChI is InChI=1S/C39H35N5O6/c1-23-29(37(46)42-34-21-11-18-31(25(34)3)39(48)43(5)27-13-7-6-8-14-27)16-9-19-32(23)40-36(45)28-15-10-20-33(24(28)2)41-38(47)30-17-12-22-35(26(30)4)44(49)50/h6-22H,1-5H3,(H,40,45)(H,41,47)(H,42,46). The van der Waals surface area contributed by atoms with Crippen LogP contribution in [0, 0.1) is 37.8 Å². The monoisotopic (exact) mass is 669 g/mol. The number of hydrogen-bond acceptors (Lipinski definition) is 6. The fourth-order valence-electron chi connectivity index (χ4n) is 5.62. The van der Waals surface area contributed by atoms with E-state index in [1.807, 2.05) is 30.3 Å². The van der Waals surface area contributed by atoms with Crippen LogP contribution >= 0.6 is 0 Å². The number of anilines is 4. The summed E-state index contributed by atoms with van der Waals surface area (Å²) in [4.78, 5) is 65.8. The Balaban J connectivity index is 1.32. The molecule has 0 aliphatic heterocycles. The van der Waals surface area contributed by atoms with Gasteiger partial charge in [0.2, 0.25) is 0 Å². The van der Waals surface area contributed by atoms with Crippen molar-refractivity contribution in [1.82, 2.24) is 0 Å². The van der Waals surface area contributed by atoms with E-state index in [1.54, 1.807) is 87.3 Å². The molecule has 5 aromatic rings. The lowest BCUT2D eigenvalue weighted by molar-refractivity contribution is -0.385. The lowest BCUT2D eigenvalue weighted by atomic mass is 10.0. The van der Waals surface area contributed by atoms with Gasteiger partial charge >= 0.3 is 0 Å². The fraction of sp³-hybridized carbons (Fsp3) is 0.128. The molecule has 5 rings (SSSR count). The van der Waals surface area contributed by atoms with Crippen LogP contribution in [0.2, 0.25) is 0 Å². The molecule has 5 aromatic carbocycles. The number of rotatable bonds is 9. The van der Waals surface area contributed by atoms with Gasteiger partial charge in [-0.3, -0.25) is 29.3 Å². The van der Waals surface area contributed by atoms with Crippen molar-refractivity contribution in [2.24, 2.45) is 0 Å². The van der Waals surface area contributed by atoms with Crippen molar-refractivity contribution in [2.45, 2.75) is 27.7 Å². The lowest BCUT2D eigenvalue weighted by Crippen LogP contribution is -2.27. The summed E-state index contributed by atoms with van der Waals surface area (Å²) in [5, 5.41) is 19.9. The lowest BCUT2D eigenvalue weighted by Gasteiger charge is -2.20. The average Bonchev–Trinajstić information content (AvgIpc) is 3.10. The van der Waals surface area contributed by atoms with E-state index in [2.05, 4.69) is 16.0 Å². The van der Waals surface area contributed by atoms with Gasteiger partial charge in [0.15, 0.2) is 0 Å². The van der Waals surface area contributed by atoms with Gasteiger partial charge in [-0.05, 0) is 99.0 Å². The molecule has 3 N–H and O–H groups in total. The highest BCUT2D eigenvalue weighted by Gasteiger charge is 2.22. The van der Waals surface area contributed by atoms with Gasteiger partial charge in [-0.25, -0.2) is 0 Å². The molecule has 0 fully saturated rings. The molecule has 0 spiro atoms. The third-order valence-electron chi connectivity index (χ3n) is 8.66. The molecule has 252 valence electrons. The summed E-state index contributed by atoms with van der Waals surface area (Å²) < 4.78 is 0. The number of nitro groups is 1. The zero-order valence-corrected chi connectivity index (χ0v) is 28.2. The average molecular weight is 670 g/mol. The minimum atomic E-state index is -0.547. The summed E-state index contributed by atoms with van der Waals surface area (Å²) in [6.45, 7) is 6.68. The van der Waals surface area contributed by atoms with Gasteiger partial charge in [-0.1, -0.05) is 42.5 Å². The predicted molar refractivity (Wildman–Crippen MR) is 194 cm³/mol. The number of nitrogens with zero attached hydrogens (tertiary/aromatic N) is 2. The van der Waals surface area contributed by atoms with E-state index in [0.29, 0.717) is 44.9 Å². The highest BCUT2D eigenvalue weighted by molar-refractivity contribution is 6.12. The molecule has 0 unspecified atom stereocenters. The SMILES string of the molecule is Cc1c(NC(=O)c2cccc(NC(=O)c3cccc([N+](=O)[O-])c3C)c2C)cccc1C(=O)Nc1cccc(C(=O)N(C)c2ccccc2)c1C. The summed E-state index contributed by atoms with van der Waals surface area (Å²) in [5.41, 5.74) is 4.87. The second kappa shape index (κ2) is 14.7. The minimum Gasteiger partial charge on any atom is -0.322 e. The number of benzene rings is 5. The molecule has 0 saturated carbocycles. The predicted octanol–water partition coefficient (Wildman–Crippen LogP) is 7.86. The van der Waals surface area contributed by atoms with Crippen LogP contribution in [0.15, 0.2) is 103 Å². The van der Waals surface area contributed by atoms with Gasteiger partial charge in [-0.2, -0.15) is 0 Å². The molecule has 0 radical (unpaired) electrons. The number of amides is 4. The molecule has 0 aliphatic carbocycles. The van der Waals surface area contributed by atoms with Crippen LogP contribution in [-0.4, -0.2) is 35.6 Å². The minimum absolute atomic E-state index is 0.146. The summed E-state index contributed by atoms with van der Waals surface area (Å²) in [6.07, 6.45) is 0. The van der Waals surface area contributed by atoms with E-state index in [0.717, 1.165) is 5.69 Å². The van der Waals surface area contributed by atoms with E-state index >= 15 is 0 Å². The van der Waals surface area contributed by atoms with Gasteiger partial charge in [0.1, 0.15) is 0 Å². The number of para-hydroxylation sites is 1. The molecule has 0 saturated heterocycles. The molecule has 0 bridgehead atoms. The van der Waals surface area contributed by atoms with Gasteiger partial charge in [0.25, 0.3) is 29.3 Å². The second-order valence-electron chi connectivity index (χ2n) is 11.7. The number of carbonyl (C=O) groups excluding carboxylic acids is 4. The fourth-order valence-corrected chi connectivity index (χ4v) is 5.62. The van der Waals surface area contributed by atoms with E-state index in [4.69, 9.17) is 0 Å². The van der Waals surface area contributed by atoms with Crippen LogP contribution in [0.25, 0.3) is 0 Å². The van der Waals surface area contributed by atoms with Crippen LogP contribution in [0.4, 0.5) is 28.4 Å². The van der Waals surface area contributed by atoms with Gasteiger partial charge in [0, 0.05) is 63.7 Å². The topological polar surface area (TPSA) is 151 Å². The summed E-state index contributed by atoms with van der Waals surface area (Å²) in [5.74, 6) is -1.64. The Hall–Kier alpha value is -6.62. The molecule has 4 amide bonds. The molecule has 50 heavy (non-hydrogen) atoms. The van der Waals surface area contributed by atoms with Crippen molar-refractivity contribution < 1.29 is 24.1 Å². The Morgan fingerprint density at radius 1 is 0.520 bits per heavy atom. The van der Waals surface area contributed by atoms with Crippen molar-refractivity contribution in [3.05, 3.63) is 158 Å². The Morgan fingerprint density at radius 2 is 0.900 bits per heavy atom. The van der Waals surface area contributed by atoms with Gasteiger partial charge in [0.05, 0.1) is 4.92 Å². The van der Waals surface area contributed by atoms with Crippen LogP contribution in [0.5, 0.6) is 0 Å². The Bertz CT molecular complexity index is 2160. The van der Waals surface area contributed by atoms with Gasteiger partial charge < -0.3 is 20.9 Å². The first-order chi connectivity index (χ1) is 23.9. The third-order valence-corrected chi connectivity index (χ3v) is 8.66. The first-order valence-electron chi connectivity index (χ1n) is 15.7. The van der Waals surface area contributed by atoms with Crippen LogP contribution in [0.1, 0.15) is 63.7 Å². The Morgan fingerprint density at radius 3 is 1.34 bits per heavy atom. The normalized spacial score (nSPS) is 10.6. The third kappa shape index (κ3) is 7.12. The van der Waals surface area contributed by atoms with E-state index in [-0.39, 0.29) is 28.3 Å². The van der Waals surface area contributed by atoms with E-state index < -0.39 is 22.6 Å². The first kappa shape index (κ1) is 34.7. The molecule has 0 aromatic heterocycles. The summed E-state index contributed by atoms with van der Waals surface area (Å²) in [7, 11) is 1.70. The maximum absolute atomic E-state index is 13.5. The Kier molecular flexibility index (Phi) is 10.2. The van der Waals surface area contributed by atoms with Crippen molar-refractivity contribution in [2.75, 3.05) is 27.9 Å².